The number of nitrogens with one attached hydrogen (secondary N) is 2. The van der Waals surface area contributed by atoms with Gasteiger partial charge in [0.15, 0.2) is 5.96 Å². The van der Waals surface area contributed by atoms with Gasteiger partial charge in [0.05, 0.1) is 26.0 Å². The van der Waals surface area contributed by atoms with Crippen molar-refractivity contribution in [3.05, 3.63) is 17.5 Å². The van der Waals surface area contributed by atoms with Gasteiger partial charge in [0, 0.05) is 44.9 Å². The molecule has 0 bridgehead atoms. The number of aromatic amines is 1. The molecule has 1 aliphatic rings. The highest BCUT2D eigenvalue weighted by Gasteiger charge is 2.24. The van der Waals surface area contributed by atoms with Crippen LogP contribution < -0.4 is 5.32 Å². The molecule has 7 nitrogen and oxygen atoms in total. The van der Waals surface area contributed by atoms with Crippen molar-refractivity contribution in [2.45, 2.75) is 33.1 Å². The van der Waals surface area contributed by atoms with Crippen LogP contribution in [0.3, 0.4) is 0 Å². The number of aryl methyl sites for hydroxylation is 2. The van der Waals surface area contributed by atoms with E-state index >= 15 is 0 Å². The van der Waals surface area contributed by atoms with Gasteiger partial charge < -0.3 is 19.7 Å². The molecule has 142 valence electrons. The molecule has 2 heterocycles. The molecule has 0 saturated carbocycles. The minimum atomic E-state index is 0.578. The van der Waals surface area contributed by atoms with Crippen LogP contribution in [0.5, 0.6) is 0 Å². The number of rotatable bonds is 10. The van der Waals surface area contributed by atoms with E-state index in [4.69, 9.17) is 14.5 Å². The maximum atomic E-state index is 5.68. The normalized spacial score (nSPS) is 18.1. The molecule has 1 atom stereocenters. The molecule has 1 aromatic heterocycles. The Balaban J connectivity index is 1.74. The lowest BCUT2D eigenvalue weighted by Crippen LogP contribution is -2.40. The molecule has 1 fully saturated rings. The first kappa shape index (κ1) is 19.7. The van der Waals surface area contributed by atoms with E-state index in [1.165, 1.54) is 5.56 Å². The van der Waals surface area contributed by atoms with Gasteiger partial charge in [0.25, 0.3) is 0 Å². The zero-order chi connectivity index (χ0) is 17.9. The van der Waals surface area contributed by atoms with Crippen LogP contribution in [-0.4, -0.2) is 74.2 Å². The van der Waals surface area contributed by atoms with Crippen LogP contribution in [0.15, 0.2) is 11.2 Å². The van der Waals surface area contributed by atoms with Crippen molar-refractivity contribution in [1.82, 2.24) is 20.4 Å². The van der Waals surface area contributed by atoms with Gasteiger partial charge in [-0.1, -0.05) is 0 Å². The van der Waals surface area contributed by atoms with E-state index in [0.29, 0.717) is 19.1 Å². The smallest absolute Gasteiger partial charge is 0.193 e. The lowest BCUT2D eigenvalue weighted by molar-refractivity contribution is 0.0536. The summed E-state index contributed by atoms with van der Waals surface area (Å²) in [6.07, 6.45) is 5.12. The topological polar surface area (TPSA) is 74.8 Å². The maximum Gasteiger partial charge on any atom is 0.193 e. The number of ether oxygens (including phenoxy) is 2. The molecule has 2 rings (SSSR count). The predicted octanol–water partition coefficient (Wildman–Crippen LogP) is 1.60. The maximum absolute atomic E-state index is 5.68. The zero-order valence-electron chi connectivity index (χ0n) is 15.9. The molecule has 0 spiro atoms. The Labute approximate surface area is 151 Å². The van der Waals surface area contributed by atoms with E-state index in [-0.39, 0.29) is 0 Å². The average molecular weight is 351 g/mol. The Morgan fingerprint density at radius 3 is 3.08 bits per heavy atom. The Hall–Kier alpha value is -1.60. The number of likely N-dealkylation sites (tertiary alicyclic amines) is 1. The third kappa shape index (κ3) is 6.66. The number of hydrogen-bond donors (Lipinski definition) is 2. The summed E-state index contributed by atoms with van der Waals surface area (Å²) in [5.74, 6) is 1.61. The number of H-pyrrole nitrogens is 1. The largest absolute Gasteiger partial charge is 0.382 e. The lowest BCUT2D eigenvalue weighted by Gasteiger charge is -2.21. The van der Waals surface area contributed by atoms with E-state index in [0.717, 1.165) is 63.7 Å². The summed E-state index contributed by atoms with van der Waals surface area (Å²) in [7, 11) is 1.70. The number of guanidine groups is 1. The number of aliphatic imine (C=N–C) groups is 1. The summed E-state index contributed by atoms with van der Waals surface area (Å²) >= 11 is 0. The van der Waals surface area contributed by atoms with Crippen LogP contribution in [0.2, 0.25) is 0 Å². The summed E-state index contributed by atoms with van der Waals surface area (Å²) < 4.78 is 10.7. The third-order valence-corrected chi connectivity index (χ3v) is 4.51. The highest BCUT2D eigenvalue weighted by atomic mass is 16.5. The summed E-state index contributed by atoms with van der Waals surface area (Å²) in [5, 5.41) is 10.5. The van der Waals surface area contributed by atoms with E-state index in [9.17, 15) is 0 Å². The van der Waals surface area contributed by atoms with E-state index in [2.05, 4.69) is 34.3 Å². The van der Waals surface area contributed by atoms with Gasteiger partial charge in [0.2, 0.25) is 0 Å². The van der Waals surface area contributed by atoms with Gasteiger partial charge >= 0.3 is 0 Å². The number of hydrogen-bond acceptors (Lipinski definition) is 4. The van der Waals surface area contributed by atoms with Crippen molar-refractivity contribution >= 4 is 5.96 Å². The predicted molar refractivity (Wildman–Crippen MR) is 100.0 cm³/mol. The van der Waals surface area contributed by atoms with Crippen molar-refractivity contribution in [1.29, 1.82) is 0 Å². The van der Waals surface area contributed by atoms with Crippen molar-refractivity contribution in [3.63, 3.8) is 0 Å². The minimum Gasteiger partial charge on any atom is -0.382 e. The molecule has 1 aliphatic heterocycles. The lowest BCUT2D eigenvalue weighted by atomic mass is 10.1. The molecule has 0 radical (unpaired) electrons. The third-order valence-electron chi connectivity index (χ3n) is 4.51. The van der Waals surface area contributed by atoms with Gasteiger partial charge in [-0.05, 0) is 38.7 Å². The van der Waals surface area contributed by atoms with Gasteiger partial charge in [-0.3, -0.25) is 10.1 Å². The number of methoxy groups -OCH3 is 1. The molecule has 1 unspecified atom stereocenters. The van der Waals surface area contributed by atoms with Crippen molar-refractivity contribution in [2.75, 3.05) is 53.1 Å². The molecule has 1 aromatic rings. The minimum absolute atomic E-state index is 0.578. The van der Waals surface area contributed by atoms with Crippen LogP contribution in [0, 0.1) is 12.8 Å². The first-order valence-corrected chi connectivity index (χ1v) is 9.33. The molecule has 25 heavy (non-hydrogen) atoms. The second-order valence-corrected chi connectivity index (χ2v) is 6.53. The molecule has 0 aromatic carbocycles. The molecule has 0 aliphatic carbocycles. The van der Waals surface area contributed by atoms with Crippen LogP contribution in [0.1, 0.15) is 31.0 Å². The van der Waals surface area contributed by atoms with Gasteiger partial charge in [-0.15, -0.1) is 0 Å². The van der Waals surface area contributed by atoms with Crippen LogP contribution in [0.25, 0.3) is 0 Å². The fraction of sp³-hybridized carbons (Fsp3) is 0.778. The van der Waals surface area contributed by atoms with Gasteiger partial charge in [-0.2, -0.15) is 5.10 Å². The van der Waals surface area contributed by atoms with Crippen LogP contribution in [0.4, 0.5) is 0 Å². The Kier molecular flexibility index (Phi) is 8.76. The molecule has 7 heteroatoms. The number of aromatic nitrogens is 2. The highest BCUT2D eigenvalue weighted by Crippen LogP contribution is 2.16. The quantitative estimate of drug-likeness (QED) is 0.380. The van der Waals surface area contributed by atoms with Gasteiger partial charge in [-0.25, -0.2) is 0 Å². The average Bonchev–Trinajstić information content (AvgIpc) is 3.24. The van der Waals surface area contributed by atoms with Crippen molar-refractivity contribution < 1.29 is 9.47 Å². The summed E-state index contributed by atoms with van der Waals surface area (Å²) in [5.41, 5.74) is 2.45. The summed E-state index contributed by atoms with van der Waals surface area (Å²) in [6, 6.07) is 0. The van der Waals surface area contributed by atoms with E-state index < -0.39 is 0 Å². The molecule has 2 N–H and O–H groups in total. The molecule has 0 amide bonds. The summed E-state index contributed by atoms with van der Waals surface area (Å²) in [4.78, 5) is 7.17. The zero-order valence-corrected chi connectivity index (χ0v) is 15.9. The Morgan fingerprint density at radius 1 is 1.48 bits per heavy atom. The highest BCUT2D eigenvalue weighted by molar-refractivity contribution is 5.80. The summed E-state index contributed by atoms with van der Waals surface area (Å²) in [6.45, 7) is 10.1. The first-order chi connectivity index (χ1) is 12.2. The SMILES string of the molecule is CCNC(=NCCCc1cn[nH]c1C)N1CCC(COCCOC)C1. The standard InChI is InChI=1S/C18H33N5O2/c1-4-19-18(20-8-5-6-17-12-21-22-15(17)2)23-9-7-16(13-23)14-25-11-10-24-3/h12,16H,4-11,13-14H2,1-3H3,(H,19,20)(H,21,22). The molecular weight excluding hydrogens is 318 g/mol. The number of nitrogens with zero attached hydrogens (tertiary/aromatic N) is 3. The fourth-order valence-corrected chi connectivity index (χ4v) is 3.06. The van der Waals surface area contributed by atoms with E-state index in [1.807, 2.05) is 6.20 Å². The second-order valence-electron chi connectivity index (χ2n) is 6.53. The van der Waals surface area contributed by atoms with Crippen LogP contribution in [-0.2, 0) is 15.9 Å². The first-order valence-electron chi connectivity index (χ1n) is 9.33. The second kappa shape index (κ2) is 11.1. The Morgan fingerprint density at radius 2 is 2.36 bits per heavy atom. The van der Waals surface area contributed by atoms with Gasteiger partial charge in [0.1, 0.15) is 0 Å². The Bertz CT molecular complexity index is 517. The monoisotopic (exact) mass is 351 g/mol. The van der Waals surface area contributed by atoms with Crippen LogP contribution >= 0.6 is 0 Å². The molecule has 1 saturated heterocycles. The van der Waals surface area contributed by atoms with E-state index in [1.54, 1.807) is 7.11 Å². The fourth-order valence-electron chi connectivity index (χ4n) is 3.06. The van der Waals surface area contributed by atoms with Crippen molar-refractivity contribution in [3.8, 4) is 0 Å². The van der Waals surface area contributed by atoms with Crippen molar-refractivity contribution in [2.24, 2.45) is 10.9 Å². The molecular formula is C18H33N5O2.